The Morgan fingerprint density at radius 2 is 1.74 bits per heavy atom. The molecule has 0 saturated heterocycles. The van der Waals surface area contributed by atoms with Gasteiger partial charge in [0, 0.05) is 6.92 Å². The summed E-state index contributed by atoms with van der Waals surface area (Å²) in [5.74, 6) is -2.44. The molecule has 0 unspecified atom stereocenters. The second kappa shape index (κ2) is 6.86. The fraction of sp³-hybridized carbons (Fsp3) is 0.667. The lowest BCUT2D eigenvalue weighted by Crippen LogP contribution is -2.27. The number of Topliss-reactive ketones (excluding diaryl/α,β-unsaturated/α-hetero) is 1. The molecule has 0 atom stereocenters. The van der Waals surface area contributed by atoms with Gasteiger partial charge in [0.1, 0.15) is 6.10 Å². The van der Waals surface area contributed by atoms with Crippen LogP contribution in [0.5, 0.6) is 0 Å². The van der Waals surface area contributed by atoms with E-state index in [4.69, 9.17) is 9.94 Å². The molecule has 0 heterocycles. The molecule has 1 rings (SSSR count). The molecule has 7 nitrogen and oxygen atoms in total. The lowest BCUT2D eigenvalue weighted by Gasteiger charge is -2.25. The Kier molecular flexibility index (Phi) is 5.47. The van der Waals surface area contributed by atoms with E-state index in [1.165, 1.54) is 7.11 Å². The molecule has 0 aliphatic heterocycles. The SMILES string of the molecule is COC(=O)[C@H]1CC[C@H](O/N=C(/C(C)=O)C(=O)O)CC1. The Morgan fingerprint density at radius 1 is 1.16 bits per heavy atom. The monoisotopic (exact) mass is 271 g/mol. The van der Waals surface area contributed by atoms with Gasteiger partial charge in [0.05, 0.1) is 13.0 Å². The summed E-state index contributed by atoms with van der Waals surface area (Å²) in [6.07, 6.45) is 2.10. The number of ether oxygens (including phenoxy) is 1. The number of carboxylic acids is 1. The second-order valence-electron chi connectivity index (χ2n) is 4.40. The molecule has 0 aromatic rings. The van der Waals surface area contributed by atoms with Crippen LogP contribution in [0.25, 0.3) is 0 Å². The molecule has 1 fully saturated rings. The molecule has 1 saturated carbocycles. The van der Waals surface area contributed by atoms with Crippen LogP contribution in [0.15, 0.2) is 5.16 Å². The van der Waals surface area contributed by atoms with Crippen molar-refractivity contribution in [2.24, 2.45) is 11.1 Å². The number of methoxy groups -OCH3 is 1. The quantitative estimate of drug-likeness (QED) is 0.343. The number of nitrogens with zero attached hydrogens (tertiary/aromatic N) is 1. The summed E-state index contributed by atoms with van der Waals surface area (Å²) >= 11 is 0. The van der Waals surface area contributed by atoms with Gasteiger partial charge in [0.15, 0.2) is 5.78 Å². The van der Waals surface area contributed by atoms with Crippen molar-refractivity contribution in [2.75, 3.05) is 7.11 Å². The maximum absolute atomic E-state index is 11.3. The Bertz CT molecular complexity index is 379. The third-order valence-electron chi connectivity index (χ3n) is 3.04. The van der Waals surface area contributed by atoms with Gasteiger partial charge < -0.3 is 14.7 Å². The highest BCUT2D eigenvalue weighted by molar-refractivity contribution is 6.63. The number of carbonyl (C=O) groups excluding carboxylic acids is 2. The zero-order valence-electron chi connectivity index (χ0n) is 10.9. The average Bonchev–Trinajstić information content (AvgIpc) is 2.38. The van der Waals surface area contributed by atoms with E-state index >= 15 is 0 Å². The number of esters is 1. The fourth-order valence-corrected chi connectivity index (χ4v) is 1.95. The Morgan fingerprint density at radius 3 is 2.16 bits per heavy atom. The van der Waals surface area contributed by atoms with Crippen LogP contribution in [0, 0.1) is 5.92 Å². The van der Waals surface area contributed by atoms with Gasteiger partial charge in [-0.05, 0) is 25.7 Å². The lowest BCUT2D eigenvalue weighted by molar-refractivity contribution is -0.147. The van der Waals surface area contributed by atoms with Gasteiger partial charge in [-0.1, -0.05) is 5.16 Å². The summed E-state index contributed by atoms with van der Waals surface area (Å²) < 4.78 is 4.66. The molecular weight excluding hydrogens is 254 g/mol. The summed E-state index contributed by atoms with van der Waals surface area (Å²) in [6, 6.07) is 0. The van der Waals surface area contributed by atoms with Crippen LogP contribution in [0.3, 0.4) is 0 Å². The minimum Gasteiger partial charge on any atom is -0.476 e. The molecule has 0 radical (unpaired) electrons. The van der Waals surface area contributed by atoms with Crippen LogP contribution >= 0.6 is 0 Å². The fourth-order valence-electron chi connectivity index (χ4n) is 1.95. The first kappa shape index (κ1) is 15.1. The molecule has 19 heavy (non-hydrogen) atoms. The largest absolute Gasteiger partial charge is 0.476 e. The van der Waals surface area contributed by atoms with E-state index in [9.17, 15) is 14.4 Å². The van der Waals surface area contributed by atoms with Crippen LogP contribution in [-0.4, -0.2) is 41.8 Å². The minimum absolute atomic E-state index is 0.138. The maximum atomic E-state index is 11.3. The van der Waals surface area contributed by atoms with E-state index in [1.807, 2.05) is 0 Å². The van der Waals surface area contributed by atoms with Gasteiger partial charge in [-0.15, -0.1) is 0 Å². The van der Waals surface area contributed by atoms with Crippen molar-refractivity contribution >= 4 is 23.4 Å². The zero-order chi connectivity index (χ0) is 14.4. The Balaban J connectivity index is 2.49. The molecule has 106 valence electrons. The van der Waals surface area contributed by atoms with Crippen LogP contribution in [0.1, 0.15) is 32.6 Å². The first-order valence-electron chi connectivity index (χ1n) is 6.01. The molecule has 0 spiro atoms. The topological polar surface area (TPSA) is 102 Å². The molecule has 1 N–H and O–H groups in total. The number of ketones is 1. The first-order chi connectivity index (χ1) is 8.95. The predicted octanol–water partition coefficient (Wildman–Crippen LogP) is 0.764. The van der Waals surface area contributed by atoms with Gasteiger partial charge in [-0.25, -0.2) is 4.79 Å². The smallest absolute Gasteiger partial charge is 0.361 e. The molecule has 0 bridgehead atoms. The van der Waals surface area contributed by atoms with Crippen molar-refractivity contribution in [1.82, 2.24) is 0 Å². The van der Waals surface area contributed by atoms with Crippen molar-refractivity contribution in [1.29, 1.82) is 0 Å². The predicted molar refractivity (Wildman–Crippen MR) is 64.6 cm³/mol. The standard InChI is InChI=1S/C12H17NO6/c1-7(14)10(11(15)16)13-19-9-5-3-8(4-6-9)12(17)18-2/h8-9H,3-6H2,1-2H3,(H,15,16)/b13-10-/t8-,9-. The number of rotatable bonds is 5. The Labute approximate surface area is 110 Å². The van der Waals surface area contributed by atoms with Crippen molar-refractivity contribution in [2.45, 2.75) is 38.7 Å². The maximum Gasteiger partial charge on any atom is 0.361 e. The molecule has 0 amide bonds. The highest BCUT2D eigenvalue weighted by Crippen LogP contribution is 2.27. The van der Waals surface area contributed by atoms with E-state index in [1.54, 1.807) is 0 Å². The van der Waals surface area contributed by atoms with Crippen molar-refractivity contribution in [3.05, 3.63) is 0 Å². The van der Waals surface area contributed by atoms with Crippen LogP contribution in [-0.2, 0) is 24.0 Å². The molecule has 1 aliphatic rings. The Hall–Kier alpha value is -1.92. The number of oxime groups is 1. The molecule has 7 heteroatoms. The van der Waals surface area contributed by atoms with E-state index in [2.05, 4.69) is 9.89 Å². The first-order valence-corrected chi connectivity index (χ1v) is 6.01. The third kappa shape index (κ3) is 4.35. The van der Waals surface area contributed by atoms with Crippen LogP contribution in [0.2, 0.25) is 0 Å². The number of aliphatic carboxylic acids is 1. The summed E-state index contributed by atoms with van der Waals surface area (Å²) in [6.45, 7) is 1.12. The van der Waals surface area contributed by atoms with Gasteiger partial charge >= 0.3 is 11.9 Å². The highest BCUT2D eigenvalue weighted by Gasteiger charge is 2.28. The zero-order valence-corrected chi connectivity index (χ0v) is 10.9. The number of carboxylic acid groups (broad SMARTS) is 1. The van der Waals surface area contributed by atoms with E-state index in [0.29, 0.717) is 25.7 Å². The number of hydrogen-bond acceptors (Lipinski definition) is 6. The van der Waals surface area contributed by atoms with Crippen molar-refractivity contribution in [3.63, 3.8) is 0 Å². The van der Waals surface area contributed by atoms with Crippen LogP contribution in [0.4, 0.5) is 0 Å². The van der Waals surface area contributed by atoms with Crippen molar-refractivity contribution in [3.8, 4) is 0 Å². The number of carbonyl (C=O) groups is 3. The third-order valence-corrected chi connectivity index (χ3v) is 3.04. The summed E-state index contributed by atoms with van der Waals surface area (Å²) in [4.78, 5) is 38.1. The summed E-state index contributed by atoms with van der Waals surface area (Å²) in [5, 5.41) is 12.1. The van der Waals surface area contributed by atoms with Gasteiger partial charge in [-0.2, -0.15) is 0 Å². The molecule has 0 aromatic carbocycles. The summed E-state index contributed by atoms with van der Waals surface area (Å²) in [5.41, 5.74) is -0.616. The van der Waals surface area contributed by atoms with Gasteiger partial charge in [0.2, 0.25) is 5.71 Å². The normalized spacial score (nSPS) is 23.6. The van der Waals surface area contributed by atoms with E-state index in [-0.39, 0.29) is 18.0 Å². The van der Waals surface area contributed by atoms with Gasteiger partial charge in [-0.3, -0.25) is 9.59 Å². The lowest BCUT2D eigenvalue weighted by atomic mass is 9.87. The average molecular weight is 271 g/mol. The minimum atomic E-state index is -1.41. The molecule has 1 aliphatic carbocycles. The second-order valence-corrected chi connectivity index (χ2v) is 4.40. The summed E-state index contributed by atoms with van der Waals surface area (Å²) in [7, 11) is 1.35. The molecular formula is C12H17NO6. The number of hydrogen-bond donors (Lipinski definition) is 1. The van der Waals surface area contributed by atoms with Gasteiger partial charge in [0.25, 0.3) is 0 Å². The van der Waals surface area contributed by atoms with E-state index in [0.717, 1.165) is 6.92 Å². The van der Waals surface area contributed by atoms with Crippen LogP contribution < -0.4 is 0 Å². The highest BCUT2D eigenvalue weighted by atomic mass is 16.6. The van der Waals surface area contributed by atoms with Crippen molar-refractivity contribution < 1.29 is 29.1 Å². The van der Waals surface area contributed by atoms with E-state index < -0.39 is 17.5 Å². The molecule has 0 aromatic heterocycles.